The monoisotopic (exact) mass is 359 g/mol. The lowest BCUT2D eigenvalue weighted by Crippen LogP contribution is -2.31. The summed E-state index contributed by atoms with van der Waals surface area (Å²) in [6.07, 6.45) is 0. The normalized spacial score (nSPS) is 11.3. The first-order chi connectivity index (χ1) is 9.29. The van der Waals surface area contributed by atoms with Crippen LogP contribution in [-0.2, 0) is 10.0 Å². The topological polar surface area (TPSA) is 112 Å². The Morgan fingerprint density at radius 1 is 1.10 bits per heavy atom. The van der Waals surface area contributed by atoms with Gasteiger partial charge in [-0.2, -0.15) is 0 Å². The van der Waals surface area contributed by atoms with Gasteiger partial charge in [0.1, 0.15) is 0 Å². The zero-order valence-electron chi connectivity index (χ0n) is 10.2. The molecule has 0 radical (unpaired) electrons. The summed E-state index contributed by atoms with van der Waals surface area (Å²) < 4.78 is 27.4. The van der Waals surface area contributed by atoms with Crippen molar-refractivity contribution in [2.24, 2.45) is 0 Å². The van der Waals surface area contributed by atoms with Gasteiger partial charge in [0.25, 0.3) is 15.6 Å². The Balaban J connectivity index is 2.49. The van der Waals surface area contributed by atoms with Gasteiger partial charge in [-0.1, -0.05) is 15.9 Å². The maximum atomic E-state index is 12.2. The summed E-state index contributed by atoms with van der Waals surface area (Å²) in [5, 5.41) is 0. The Morgan fingerprint density at radius 2 is 1.70 bits per heavy atom. The number of aromatic nitrogens is 2. The minimum atomic E-state index is -4.08. The van der Waals surface area contributed by atoms with Crippen LogP contribution in [0.5, 0.6) is 0 Å². The van der Waals surface area contributed by atoms with E-state index in [1.807, 2.05) is 4.98 Å². The standard InChI is InChI=1S/C11H10BrN3O4S/c1-6-9(10(16)14-11(17)13-6)20(18,19)15-8-4-2-7(12)3-5-8/h2-5,15H,1H3,(H2,13,14,16,17). The van der Waals surface area contributed by atoms with Crippen LogP contribution < -0.4 is 16.0 Å². The highest BCUT2D eigenvalue weighted by molar-refractivity contribution is 9.10. The van der Waals surface area contributed by atoms with Gasteiger partial charge < -0.3 is 4.98 Å². The van der Waals surface area contributed by atoms with Crippen LogP contribution in [0, 0.1) is 6.92 Å². The van der Waals surface area contributed by atoms with Gasteiger partial charge in [-0.05, 0) is 31.2 Å². The predicted octanol–water partition coefficient (Wildman–Crippen LogP) is 0.935. The summed E-state index contributed by atoms with van der Waals surface area (Å²) in [5.74, 6) is 0. The largest absolute Gasteiger partial charge is 0.325 e. The molecule has 0 unspecified atom stereocenters. The molecular formula is C11H10BrN3O4S. The third-order valence-electron chi connectivity index (χ3n) is 2.44. The molecule has 0 amide bonds. The summed E-state index contributed by atoms with van der Waals surface area (Å²) in [7, 11) is -4.08. The molecule has 0 saturated heterocycles. The van der Waals surface area contributed by atoms with Crippen molar-refractivity contribution in [3.8, 4) is 0 Å². The van der Waals surface area contributed by atoms with Crippen molar-refractivity contribution >= 4 is 31.6 Å². The lowest BCUT2D eigenvalue weighted by molar-refractivity contribution is 0.598. The molecule has 1 aromatic heterocycles. The van der Waals surface area contributed by atoms with Crippen molar-refractivity contribution in [3.63, 3.8) is 0 Å². The second-order valence-corrected chi connectivity index (χ2v) is 6.51. The van der Waals surface area contributed by atoms with Gasteiger partial charge in [0.15, 0.2) is 4.90 Å². The van der Waals surface area contributed by atoms with E-state index in [-0.39, 0.29) is 5.69 Å². The summed E-state index contributed by atoms with van der Waals surface area (Å²) in [6.45, 7) is 1.34. The second kappa shape index (κ2) is 5.25. The maximum absolute atomic E-state index is 12.2. The molecule has 1 aromatic carbocycles. The van der Waals surface area contributed by atoms with Crippen molar-refractivity contribution in [1.29, 1.82) is 0 Å². The number of sulfonamides is 1. The number of rotatable bonds is 3. The molecule has 0 atom stereocenters. The molecule has 0 fully saturated rings. The number of nitrogens with one attached hydrogen (secondary N) is 3. The van der Waals surface area contributed by atoms with Gasteiger partial charge in [0.2, 0.25) is 0 Å². The molecule has 2 rings (SSSR count). The Kier molecular flexibility index (Phi) is 3.82. The fourth-order valence-corrected chi connectivity index (χ4v) is 3.20. The van der Waals surface area contributed by atoms with E-state index in [1.54, 1.807) is 12.1 Å². The Morgan fingerprint density at radius 3 is 2.25 bits per heavy atom. The summed E-state index contributed by atoms with van der Waals surface area (Å²) >= 11 is 3.23. The molecule has 106 valence electrons. The molecule has 9 heteroatoms. The van der Waals surface area contributed by atoms with E-state index in [2.05, 4.69) is 25.6 Å². The molecule has 0 aliphatic heterocycles. The SMILES string of the molecule is Cc1[nH]c(=O)[nH]c(=O)c1S(=O)(=O)Nc1ccc(Br)cc1. The van der Waals surface area contributed by atoms with E-state index in [0.29, 0.717) is 5.69 Å². The van der Waals surface area contributed by atoms with Gasteiger partial charge in [0, 0.05) is 15.9 Å². The van der Waals surface area contributed by atoms with Crippen LogP contribution in [0.1, 0.15) is 5.69 Å². The molecular weight excluding hydrogens is 350 g/mol. The minimum absolute atomic E-state index is 0.0247. The van der Waals surface area contributed by atoms with Gasteiger partial charge >= 0.3 is 5.69 Å². The number of hydrogen-bond donors (Lipinski definition) is 3. The quantitative estimate of drug-likeness (QED) is 0.756. The lowest BCUT2D eigenvalue weighted by atomic mass is 10.3. The number of aryl methyl sites for hydroxylation is 1. The molecule has 1 heterocycles. The Hall–Kier alpha value is -1.87. The van der Waals surface area contributed by atoms with E-state index in [4.69, 9.17) is 0 Å². The van der Waals surface area contributed by atoms with Crippen molar-refractivity contribution < 1.29 is 8.42 Å². The lowest BCUT2D eigenvalue weighted by Gasteiger charge is -2.09. The van der Waals surface area contributed by atoms with Gasteiger partial charge in [-0.3, -0.25) is 14.5 Å². The van der Waals surface area contributed by atoms with Crippen LogP contribution in [0.4, 0.5) is 5.69 Å². The smallest absolute Gasteiger partial charge is 0.310 e. The van der Waals surface area contributed by atoms with E-state index in [0.717, 1.165) is 4.47 Å². The third-order valence-corrected chi connectivity index (χ3v) is 4.50. The van der Waals surface area contributed by atoms with Crippen LogP contribution in [-0.4, -0.2) is 18.4 Å². The Labute approximate surface area is 122 Å². The van der Waals surface area contributed by atoms with Crippen molar-refractivity contribution in [2.45, 2.75) is 11.8 Å². The van der Waals surface area contributed by atoms with Gasteiger partial charge in [-0.15, -0.1) is 0 Å². The minimum Gasteiger partial charge on any atom is -0.310 e. The predicted molar refractivity (Wildman–Crippen MR) is 77.4 cm³/mol. The van der Waals surface area contributed by atoms with Crippen LogP contribution >= 0.6 is 15.9 Å². The molecule has 0 aliphatic carbocycles. The van der Waals surface area contributed by atoms with E-state index in [9.17, 15) is 18.0 Å². The first-order valence-electron chi connectivity index (χ1n) is 5.41. The highest BCUT2D eigenvalue weighted by Gasteiger charge is 2.22. The first kappa shape index (κ1) is 14.5. The third kappa shape index (κ3) is 2.99. The average Bonchev–Trinajstić information content (AvgIpc) is 2.30. The fraction of sp³-hybridized carbons (Fsp3) is 0.0909. The van der Waals surface area contributed by atoms with Crippen LogP contribution in [0.2, 0.25) is 0 Å². The van der Waals surface area contributed by atoms with E-state index < -0.39 is 26.2 Å². The molecule has 3 N–H and O–H groups in total. The van der Waals surface area contributed by atoms with Crippen molar-refractivity contribution in [2.75, 3.05) is 4.72 Å². The molecule has 0 aliphatic rings. The van der Waals surface area contributed by atoms with Crippen molar-refractivity contribution in [1.82, 2.24) is 9.97 Å². The van der Waals surface area contributed by atoms with Gasteiger partial charge in [-0.25, -0.2) is 13.2 Å². The molecule has 0 bridgehead atoms. The molecule has 2 aromatic rings. The zero-order valence-corrected chi connectivity index (χ0v) is 12.6. The molecule has 20 heavy (non-hydrogen) atoms. The van der Waals surface area contributed by atoms with E-state index in [1.165, 1.54) is 19.1 Å². The molecule has 7 nitrogen and oxygen atoms in total. The number of anilines is 1. The van der Waals surface area contributed by atoms with Crippen LogP contribution in [0.15, 0.2) is 43.2 Å². The summed E-state index contributed by atoms with van der Waals surface area (Å²) in [5.41, 5.74) is -1.44. The van der Waals surface area contributed by atoms with E-state index >= 15 is 0 Å². The highest BCUT2D eigenvalue weighted by Crippen LogP contribution is 2.17. The zero-order chi connectivity index (χ0) is 14.9. The summed E-state index contributed by atoms with van der Waals surface area (Å²) in [6, 6.07) is 6.39. The number of benzene rings is 1. The number of aromatic amines is 2. The summed E-state index contributed by atoms with van der Waals surface area (Å²) in [4.78, 5) is 26.3. The van der Waals surface area contributed by atoms with Crippen LogP contribution in [0.25, 0.3) is 0 Å². The Bertz CT molecular complexity index is 852. The van der Waals surface area contributed by atoms with Gasteiger partial charge in [0.05, 0.1) is 0 Å². The number of halogens is 1. The highest BCUT2D eigenvalue weighted by atomic mass is 79.9. The second-order valence-electron chi connectivity index (χ2n) is 3.97. The molecule has 0 saturated carbocycles. The molecule has 0 spiro atoms. The van der Waals surface area contributed by atoms with Crippen LogP contribution in [0.3, 0.4) is 0 Å². The average molecular weight is 360 g/mol. The number of hydrogen-bond acceptors (Lipinski definition) is 4. The maximum Gasteiger partial charge on any atom is 0.325 e. The first-order valence-corrected chi connectivity index (χ1v) is 7.69. The fourth-order valence-electron chi connectivity index (χ4n) is 1.64. The number of H-pyrrole nitrogens is 2. The van der Waals surface area contributed by atoms with Crippen molar-refractivity contribution in [3.05, 3.63) is 55.3 Å².